The largest absolute Gasteiger partial charge is 0.389 e. The Morgan fingerprint density at radius 2 is 1.15 bits per heavy atom. The highest BCUT2D eigenvalue weighted by Crippen LogP contribution is 2.41. The Kier molecular flexibility index (Phi) is 13.1. The van der Waals surface area contributed by atoms with E-state index in [1.54, 1.807) is 0 Å². The van der Waals surface area contributed by atoms with E-state index >= 15 is 0 Å². The monoisotopic (exact) mass is 550 g/mol. The SMILES string of the molecule is CC1=C(/C=C/C(C)=C/C=C/C(C)=C/C=C/C=C(C)/C=C/C=C(C)/C=C/C2=C(C)C(O)CCC2(C)C)C(C)(C)CC=C1. The summed E-state index contributed by atoms with van der Waals surface area (Å²) in [7, 11) is 0. The van der Waals surface area contributed by atoms with Gasteiger partial charge in [0.1, 0.15) is 0 Å². The number of aliphatic hydroxyl groups excluding tert-OH is 1. The van der Waals surface area contributed by atoms with Crippen LogP contribution in [0.1, 0.15) is 88.5 Å². The standard InChI is InChI=1S/C40H54O/c1-30(18-13-20-32(3)23-25-36-34(5)22-15-28-39(36,7)8)16-11-12-17-31(2)19-14-21-33(4)24-26-37-35(6)38(41)27-29-40(37,9)10/h11-26,38,41H,27-29H2,1-10H3/b12-11+,18-13+,19-14+,25-23+,26-24+,30-16+,31-17+,32-20+,33-21+. The summed E-state index contributed by atoms with van der Waals surface area (Å²) in [4.78, 5) is 0. The smallest absolute Gasteiger partial charge is 0.0753 e. The van der Waals surface area contributed by atoms with Gasteiger partial charge in [-0.15, -0.1) is 0 Å². The lowest BCUT2D eigenvalue weighted by Gasteiger charge is -2.35. The minimum atomic E-state index is -0.310. The molecule has 1 unspecified atom stereocenters. The molecule has 0 saturated carbocycles. The molecule has 41 heavy (non-hydrogen) atoms. The zero-order chi connectivity index (χ0) is 30.6. The fraction of sp³-hybridized carbons (Fsp3) is 0.400. The van der Waals surface area contributed by atoms with E-state index in [1.165, 1.54) is 39.0 Å². The second-order valence-electron chi connectivity index (χ2n) is 13.0. The van der Waals surface area contributed by atoms with Gasteiger partial charge in [0.05, 0.1) is 6.10 Å². The Hall–Kier alpha value is -3.16. The van der Waals surface area contributed by atoms with Crippen LogP contribution in [0.25, 0.3) is 0 Å². The number of hydrogen-bond donors (Lipinski definition) is 1. The first-order valence-corrected chi connectivity index (χ1v) is 15.1. The maximum atomic E-state index is 10.3. The van der Waals surface area contributed by atoms with Crippen molar-refractivity contribution in [3.8, 4) is 0 Å². The molecular weight excluding hydrogens is 496 g/mol. The van der Waals surface area contributed by atoms with Crippen molar-refractivity contribution in [1.29, 1.82) is 0 Å². The summed E-state index contributed by atoms with van der Waals surface area (Å²) in [6.45, 7) is 21.9. The van der Waals surface area contributed by atoms with Gasteiger partial charge in [-0.2, -0.15) is 0 Å². The van der Waals surface area contributed by atoms with Crippen LogP contribution in [0.15, 0.2) is 142 Å². The Morgan fingerprint density at radius 3 is 1.66 bits per heavy atom. The summed E-state index contributed by atoms with van der Waals surface area (Å²) >= 11 is 0. The van der Waals surface area contributed by atoms with Gasteiger partial charge in [-0.1, -0.05) is 147 Å². The Labute approximate surface area is 251 Å². The van der Waals surface area contributed by atoms with Gasteiger partial charge in [-0.3, -0.25) is 0 Å². The van der Waals surface area contributed by atoms with Crippen molar-refractivity contribution in [1.82, 2.24) is 0 Å². The second-order valence-corrected chi connectivity index (χ2v) is 13.0. The molecule has 2 aliphatic rings. The highest BCUT2D eigenvalue weighted by atomic mass is 16.3. The maximum absolute atomic E-state index is 10.3. The van der Waals surface area contributed by atoms with Crippen LogP contribution in [-0.4, -0.2) is 11.2 Å². The minimum Gasteiger partial charge on any atom is -0.389 e. The van der Waals surface area contributed by atoms with E-state index < -0.39 is 0 Å². The van der Waals surface area contributed by atoms with Crippen LogP contribution in [0, 0.1) is 10.8 Å². The first-order chi connectivity index (χ1) is 19.2. The molecule has 0 fully saturated rings. The molecule has 0 aromatic carbocycles. The molecule has 2 aliphatic carbocycles. The quantitative estimate of drug-likeness (QED) is 0.268. The van der Waals surface area contributed by atoms with Crippen LogP contribution in [0.2, 0.25) is 0 Å². The summed E-state index contributed by atoms with van der Waals surface area (Å²) in [6.07, 6.45) is 37.2. The van der Waals surface area contributed by atoms with Crippen LogP contribution in [0.3, 0.4) is 0 Å². The topological polar surface area (TPSA) is 20.2 Å². The van der Waals surface area contributed by atoms with Crippen LogP contribution in [0.4, 0.5) is 0 Å². The highest BCUT2D eigenvalue weighted by Gasteiger charge is 2.30. The Bertz CT molecular complexity index is 1300. The summed E-state index contributed by atoms with van der Waals surface area (Å²) in [5.41, 5.74) is 10.3. The van der Waals surface area contributed by atoms with Gasteiger partial charge >= 0.3 is 0 Å². The second kappa shape index (κ2) is 15.7. The molecule has 0 bridgehead atoms. The molecule has 0 spiro atoms. The Morgan fingerprint density at radius 1 is 0.683 bits per heavy atom. The molecule has 0 saturated heterocycles. The first kappa shape index (κ1) is 34.0. The minimum absolute atomic E-state index is 0.110. The van der Waals surface area contributed by atoms with Crippen molar-refractivity contribution in [3.63, 3.8) is 0 Å². The molecule has 1 N–H and O–H groups in total. The van der Waals surface area contributed by atoms with E-state index in [1.807, 2.05) is 0 Å². The average molecular weight is 551 g/mol. The van der Waals surface area contributed by atoms with Gasteiger partial charge in [0.25, 0.3) is 0 Å². The number of rotatable bonds is 10. The fourth-order valence-electron chi connectivity index (χ4n) is 5.31. The predicted molar refractivity (Wildman–Crippen MR) is 183 cm³/mol. The molecule has 0 radical (unpaired) electrons. The van der Waals surface area contributed by atoms with Gasteiger partial charge in [-0.05, 0) is 93.9 Å². The summed E-state index contributed by atoms with van der Waals surface area (Å²) < 4.78 is 0. The number of allylic oxidation sites excluding steroid dienone is 23. The third-order valence-electron chi connectivity index (χ3n) is 8.14. The predicted octanol–water partition coefficient (Wildman–Crippen LogP) is 11.4. The summed E-state index contributed by atoms with van der Waals surface area (Å²) in [6, 6.07) is 0. The van der Waals surface area contributed by atoms with Crippen molar-refractivity contribution in [3.05, 3.63) is 142 Å². The fourth-order valence-corrected chi connectivity index (χ4v) is 5.31. The number of hydrogen-bond acceptors (Lipinski definition) is 1. The highest BCUT2D eigenvalue weighted by molar-refractivity contribution is 5.42. The van der Waals surface area contributed by atoms with Gasteiger partial charge in [0.2, 0.25) is 0 Å². The van der Waals surface area contributed by atoms with Crippen LogP contribution >= 0.6 is 0 Å². The van der Waals surface area contributed by atoms with Crippen molar-refractivity contribution < 1.29 is 5.11 Å². The zero-order valence-corrected chi connectivity index (χ0v) is 27.4. The van der Waals surface area contributed by atoms with E-state index in [0.29, 0.717) is 0 Å². The lowest BCUT2D eigenvalue weighted by molar-refractivity contribution is 0.163. The van der Waals surface area contributed by atoms with Gasteiger partial charge in [0.15, 0.2) is 0 Å². The van der Waals surface area contributed by atoms with Gasteiger partial charge in [-0.25, -0.2) is 0 Å². The maximum Gasteiger partial charge on any atom is 0.0753 e. The molecule has 0 aromatic rings. The molecule has 0 aromatic heterocycles. The lowest BCUT2D eigenvalue weighted by atomic mass is 9.71. The molecule has 0 heterocycles. The van der Waals surface area contributed by atoms with Crippen molar-refractivity contribution in [2.45, 2.75) is 94.6 Å². The average Bonchev–Trinajstić information content (AvgIpc) is 2.88. The summed E-state index contributed by atoms with van der Waals surface area (Å²) in [5, 5.41) is 10.3. The van der Waals surface area contributed by atoms with Crippen molar-refractivity contribution in [2.24, 2.45) is 10.8 Å². The molecule has 0 aliphatic heterocycles. The van der Waals surface area contributed by atoms with Crippen molar-refractivity contribution >= 4 is 0 Å². The normalized spacial score (nSPS) is 23.1. The molecule has 0 amide bonds. The lowest BCUT2D eigenvalue weighted by Crippen LogP contribution is -2.27. The van der Waals surface area contributed by atoms with E-state index in [-0.39, 0.29) is 16.9 Å². The molecule has 2 rings (SSSR count). The summed E-state index contributed by atoms with van der Waals surface area (Å²) in [5.74, 6) is 0. The van der Waals surface area contributed by atoms with Crippen molar-refractivity contribution in [2.75, 3.05) is 0 Å². The van der Waals surface area contributed by atoms with E-state index in [9.17, 15) is 5.11 Å². The number of aliphatic hydroxyl groups is 1. The van der Waals surface area contributed by atoms with E-state index in [0.717, 1.165) is 24.8 Å². The first-order valence-electron chi connectivity index (χ1n) is 15.1. The molecule has 220 valence electrons. The Balaban J connectivity index is 1.91. The van der Waals surface area contributed by atoms with Gasteiger partial charge in [0, 0.05) is 0 Å². The molecule has 1 nitrogen and oxygen atoms in total. The van der Waals surface area contributed by atoms with Crippen LogP contribution in [0.5, 0.6) is 0 Å². The van der Waals surface area contributed by atoms with Gasteiger partial charge < -0.3 is 5.11 Å². The van der Waals surface area contributed by atoms with E-state index in [4.69, 9.17) is 0 Å². The molecule has 1 atom stereocenters. The third-order valence-corrected chi connectivity index (χ3v) is 8.14. The third kappa shape index (κ3) is 11.3. The molecular formula is C40H54O. The zero-order valence-electron chi connectivity index (χ0n) is 27.4. The molecule has 1 heteroatoms. The van der Waals surface area contributed by atoms with Crippen LogP contribution in [-0.2, 0) is 0 Å². The van der Waals surface area contributed by atoms with E-state index in [2.05, 4.69) is 166 Å². The van der Waals surface area contributed by atoms with Crippen LogP contribution < -0.4 is 0 Å².